The normalized spacial score (nSPS) is 10.2. The van der Waals surface area contributed by atoms with Crippen LogP contribution in [0.3, 0.4) is 0 Å². The van der Waals surface area contributed by atoms with Crippen molar-refractivity contribution in [2.24, 2.45) is 0 Å². The van der Waals surface area contributed by atoms with Gasteiger partial charge in [0.15, 0.2) is 0 Å². The highest BCUT2D eigenvalue weighted by Gasteiger charge is 2.14. The molecule has 0 fully saturated rings. The molecule has 0 atom stereocenters. The van der Waals surface area contributed by atoms with Gasteiger partial charge in [0.25, 0.3) is 0 Å². The molecule has 0 aliphatic rings. The second-order valence-electron chi connectivity index (χ2n) is 5.59. The number of hydrogen-bond donors (Lipinski definition) is 0. The quantitative estimate of drug-likeness (QED) is 0.604. The van der Waals surface area contributed by atoms with Gasteiger partial charge >= 0.3 is 5.97 Å². The van der Waals surface area contributed by atoms with E-state index < -0.39 is 0 Å². The Morgan fingerprint density at radius 3 is 2.44 bits per heavy atom. The summed E-state index contributed by atoms with van der Waals surface area (Å²) in [6.07, 6.45) is 1.17. The lowest BCUT2D eigenvalue weighted by molar-refractivity contribution is -0.132. The minimum absolute atomic E-state index is 0. The van der Waals surface area contributed by atoms with Crippen LogP contribution in [0.2, 0.25) is 0 Å². The predicted octanol–water partition coefficient (Wildman–Crippen LogP) is 4.97. The van der Waals surface area contributed by atoms with E-state index in [1.807, 2.05) is 62.6 Å². The Bertz CT molecular complexity index is 665. The van der Waals surface area contributed by atoms with E-state index in [1.165, 1.54) is 0 Å². The Morgan fingerprint density at radius 2 is 1.80 bits per heavy atom. The van der Waals surface area contributed by atoms with E-state index >= 15 is 0 Å². The summed E-state index contributed by atoms with van der Waals surface area (Å²) in [6, 6.07) is 15.5. The molecule has 0 unspecified atom stereocenters. The summed E-state index contributed by atoms with van der Waals surface area (Å²) in [7, 11) is 4.06. The number of para-hydroxylation sites is 1. The number of halogens is 1. The van der Waals surface area contributed by atoms with Crippen LogP contribution in [0.4, 0.5) is 0 Å². The van der Waals surface area contributed by atoms with Crippen LogP contribution in [0.1, 0.15) is 18.9 Å². The summed E-state index contributed by atoms with van der Waals surface area (Å²) < 4.78 is 11.3. The van der Waals surface area contributed by atoms with Gasteiger partial charge in [-0.25, -0.2) is 0 Å². The molecule has 0 aliphatic carbocycles. The van der Waals surface area contributed by atoms with Gasteiger partial charge in [-0.3, -0.25) is 4.79 Å². The summed E-state index contributed by atoms with van der Waals surface area (Å²) in [5.74, 6) is 1.35. The van der Waals surface area contributed by atoms with E-state index in [9.17, 15) is 4.79 Å². The van der Waals surface area contributed by atoms with Gasteiger partial charge in [0.1, 0.15) is 11.5 Å². The van der Waals surface area contributed by atoms with E-state index in [4.69, 9.17) is 8.92 Å². The number of carbonyl (C=O) groups excluding carboxylic acids is 1. The molecule has 0 aromatic heterocycles. The molecule has 0 N–H and O–H groups in total. The topological polar surface area (TPSA) is 38.8 Å². The Morgan fingerprint density at radius 1 is 1.08 bits per heavy atom. The van der Waals surface area contributed by atoms with Crippen molar-refractivity contribution >= 4 is 30.4 Å². The van der Waals surface area contributed by atoms with E-state index in [0.29, 0.717) is 6.42 Å². The van der Waals surface area contributed by atoms with Crippen LogP contribution in [-0.4, -0.2) is 31.5 Å². The van der Waals surface area contributed by atoms with E-state index in [1.54, 1.807) is 6.92 Å². The first-order valence-electron chi connectivity index (χ1n) is 7.97. The molecule has 0 radical (unpaired) electrons. The van der Waals surface area contributed by atoms with Gasteiger partial charge < -0.3 is 13.8 Å². The van der Waals surface area contributed by atoms with Gasteiger partial charge in [-0.05, 0) is 44.8 Å². The fourth-order valence-electron chi connectivity index (χ4n) is 2.07. The van der Waals surface area contributed by atoms with E-state index in [2.05, 4.69) is 4.90 Å². The second-order valence-corrected chi connectivity index (χ2v) is 6.37. The molecule has 0 amide bonds. The number of likely N-dealkylation sites (N-methyl/N-ethyl adjacent to an activating group) is 1. The number of benzene rings is 2. The molecule has 0 bridgehead atoms. The zero-order chi connectivity index (χ0) is 17.4. The third kappa shape index (κ3) is 6.98. The zero-order valence-corrected chi connectivity index (χ0v) is 16.4. The number of nitrogens with zero attached hydrogens (tertiary/aromatic N) is 1. The van der Waals surface area contributed by atoms with Crippen LogP contribution in [0, 0.1) is 0 Å². The van der Waals surface area contributed by atoms with Gasteiger partial charge in [-0.15, -0.1) is 12.4 Å². The monoisotopic (exact) mass is 381 g/mol. The van der Waals surface area contributed by atoms with Gasteiger partial charge in [-0.1, -0.05) is 31.2 Å². The van der Waals surface area contributed by atoms with Crippen molar-refractivity contribution in [2.75, 3.05) is 20.6 Å². The number of carbonyl (C=O) groups is 1. The highest BCUT2D eigenvalue weighted by atomic mass is 35.5. The first-order valence-corrected chi connectivity index (χ1v) is 8.71. The minimum atomic E-state index is -0.229. The van der Waals surface area contributed by atoms with Gasteiger partial charge in [0.05, 0.1) is 16.9 Å². The Balaban J connectivity index is 0.00000312. The summed E-state index contributed by atoms with van der Waals surface area (Å²) in [6.45, 7) is 2.66. The molecule has 0 saturated carbocycles. The van der Waals surface area contributed by atoms with Crippen molar-refractivity contribution in [1.29, 1.82) is 0 Å². The zero-order valence-electron chi connectivity index (χ0n) is 14.7. The third-order valence-electron chi connectivity index (χ3n) is 3.38. The molecule has 6 heteroatoms. The maximum atomic E-state index is 11.5. The summed E-state index contributed by atoms with van der Waals surface area (Å²) in [5.41, 5.74) is 1.05. The molecule has 0 spiro atoms. The van der Waals surface area contributed by atoms with E-state index in [0.717, 1.165) is 47.0 Å². The van der Waals surface area contributed by atoms with Crippen molar-refractivity contribution in [3.8, 4) is 11.5 Å². The summed E-state index contributed by atoms with van der Waals surface area (Å²) >= 11 is 1.11. The molecular weight excluding hydrogens is 358 g/mol. The fraction of sp³-hybridized carbons (Fsp3) is 0.316. The summed E-state index contributed by atoms with van der Waals surface area (Å²) in [4.78, 5) is 14.5. The Labute approximate surface area is 160 Å². The summed E-state index contributed by atoms with van der Waals surface area (Å²) in [5, 5.41) is 0. The van der Waals surface area contributed by atoms with E-state index in [-0.39, 0.29) is 18.4 Å². The molecule has 136 valence electrons. The lowest BCUT2D eigenvalue weighted by Crippen LogP contribution is -2.15. The van der Waals surface area contributed by atoms with Gasteiger partial charge in [-0.2, -0.15) is 0 Å². The van der Waals surface area contributed by atoms with Crippen LogP contribution in [0.5, 0.6) is 11.5 Å². The largest absolute Gasteiger partial charge is 0.457 e. The van der Waals surface area contributed by atoms with Crippen molar-refractivity contribution in [2.45, 2.75) is 24.7 Å². The third-order valence-corrected chi connectivity index (χ3v) is 4.21. The highest BCUT2D eigenvalue weighted by molar-refractivity contribution is 7.95. The molecule has 2 rings (SSSR count). The highest BCUT2D eigenvalue weighted by Crippen LogP contribution is 2.34. The number of hydrogen-bond acceptors (Lipinski definition) is 5. The number of rotatable bonds is 8. The Kier molecular flexibility index (Phi) is 9.42. The Hall–Kier alpha value is -1.69. The first-order chi connectivity index (χ1) is 11.6. The molecule has 0 heterocycles. The van der Waals surface area contributed by atoms with Crippen molar-refractivity contribution in [1.82, 2.24) is 4.90 Å². The molecule has 0 aliphatic heterocycles. The smallest absolute Gasteiger partial charge is 0.317 e. The fourth-order valence-corrected chi connectivity index (χ4v) is 2.80. The van der Waals surface area contributed by atoms with Crippen LogP contribution in [-0.2, 0) is 15.4 Å². The maximum absolute atomic E-state index is 11.5. The average Bonchev–Trinajstić information content (AvgIpc) is 2.59. The van der Waals surface area contributed by atoms with Crippen LogP contribution >= 0.6 is 24.4 Å². The average molecular weight is 382 g/mol. The van der Waals surface area contributed by atoms with Crippen LogP contribution in [0.15, 0.2) is 53.4 Å². The standard InChI is InChI=1S/C19H23NO3S.ClH/c1-4-19(21)23-24-18-12-8-11-17(16(18)13-14-20(2)3)22-15-9-6-5-7-10-15;/h5-12H,4,13-14H2,1-3H3;1H. The SMILES string of the molecule is CCC(=O)OSc1cccc(Oc2ccccc2)c1CCN(C)C.Cl. The molecular formula is C19H24ClNO3S. The molecule has 4 nitrogen and oxygen atoms in total. The minimum Gasteiger partial charge on any atom is -0.457 e. The molecule has 0 saturated heterocycles. The first kappa shape index (κ1) is 21.4. The molecule has 2 aromatic carbocycles. The maximum Gasteiger partial charge on any atom is 0.317 e. The predicted molar refractivity (Wildman–Crippen MR) is 105 cm³/mol. The molecule has 25 heavy (non-hydrogen) atoms. The van der Waals surface area contributed by atoms with Crippen LogP contribution < -0.4 is 4.74 Å². The van der Waals surface area contributed by atoms with Crippen molar-refractivity contribution in [3.63, 3.8) is 0 Å². The second kappa shape index (κ2) is 11.0. The van der Waals surface area contributed by atoms with Crippen molar-refractivity contribution in [3.05, 3.63) is 54.1 Å². The number of ether oxygens (including phenoxy) is 1. The lowest BCUT2D eigenvalue weighted by Gasteiger charge is -2.16. The van der Waals surface area contributed by atoms with Crippen LogP contribution in [0.25, 0.3) is 0 Å². The van der Waals surface area contributed by atoms with Gasteiger partial charge in [0, 0.05) is 18.5 Å². The molecule has 2 aromatic rings. The van der Waals surface area contributed by atoms with Crippen molar-refractivity contribution < 1.29 is 13.7 Å². The lowest BCUT2D eigenvalue weighted by atomic mass is 10.1. The van der Waals surface area contributed by atoms with Gasteiger partial charge in [0.2, 0.25) is 0 Å².